The number of hydrogen-bond donors (Lipinski definition) is 2. The van der Waals surface area contributed by atoms with Gasteiger partial charge in [0.15, 0.2) is 0 Å². The molecule has 0 heterocycles. The summed E-state index contributed by atoms with van der Waals surface area (Å²) >= 11 is 0. The van der Waals surface area contributed by atoms with Crippen LogP contribution < -0.4 is 5.73 Å². The minimum Gasteiger partial charge on any atom is -0.480 e. The zero-order valence-corrected chi connectivity index (χ0v) is 6.62. The highest BCUT2D eigenvalue weighted by atomic mass is 16.4. The fraction of sp³-hybridized carbons (Fsp3) is 0.889. The third kappa shape index (κ3) is 2.81. The first-order valence-corrected chi connectivity index (χ1v) is 4.20. The summed E-state index contributed by atoms with van der Waals surface area (Å²) in [5, 5.41) is 8.61. The van der Waals surface area contributed by atoms with E-state index in [1.165, 1.54) is 6.42 Å². The highest BCUT2D eigenvalue weighted by molar-refractivity contribution is 5.73. The average molecular weight is 173 g/mol. The number of carbonyl (C=O) groups is 1. The molecule has 1 saturated carbocycles. The molecule has 0 aliphatic heterocycles. The van der Waals surface area contributed by atoms with Crippen molar-refractivity contribution in [2.75, 3.05) is 0 Å². The summed E-state index contributed by atoms with van der Waals surface area (Å²) in [6.45, 7) is 0. The van der Waals surface area contributed by atoms with Gasteiger partial charge in [-0.2, -0.15) is 0 Å². The summed E-state index contributed by atoms with van der Waals surface area (Å²) in [7, 11) is 0. The van der Waals surface area contributed by atoms with Gasteiger partial charge in [0.2, 0.25) is 0 Å². The summed E-state index contributed by atoms with van der Waals surface area (Å²) in [6, 6.07) is -0.629. The van der Waals surface area contributed by atoms with Crippen LogP contribution in [0.15, 0.2) is 0 Å². The quantitative estimate of drug-likeness (QED) is 0.667. The second kappa shape index (κ2) is 5.14. The molecule has 1 rings (SSSR count). The maximum Gasteiger partial charge on any atom is 0.320 e. The third-order valence-electron chi connectivity index (χ3n) is 2.44. The smallest absolute Gasteiger partial charge is 0.320 e. The lowest BCUT2D eigenvalue weighted by Crippen LogP contribution is -2.38. The second-order valence-corrected chi connectivity index (χ2v) is 3.26. The highest BCUT2D eigenvalue weighted by Gasteiger charge is 2.25. The van der Waals surface area contributed by atoms with Crippen LogP contribution in [0.5, 0.6) is 0 Å². The van der Waals surface area contributed by atoms with Gasteiger partial charge >= 0.3 is 5.97 Å². The zero-order valence-electron chi connectivity index (χ0n) is 6.62. The summed E-state index contributed by atoms with van der Waals surface area (Å²) in [5.41, 5.74) is 5.49. The van der Waals surface area contributed by atoms with Gasteiger partial charge in [-0.05, 0) is 18.8 Å². The molecule has 3 nitrogen and oxygen atoms in total. The lowest BCUT2D eigenvalue weighted by atomic mass is 9.84. The Balaban J connectivity index is 0.00000121. The van der Waals surface area contributed by atoms with Crippen LogP contribution in [-0.2, 0) is 4.79 Å². The van der Waals surface area contributed by atoms with E-state index in [9.17, 15) is 4.79 Å². The van der Waals surface area contributed by atoms with Crippen LogP contribution in [0.3, 0.4) is 0 Å². The number of nitrogens with two attached hydrogens (primary N) is 1. The molecule has 0 radical (unpaired) electrons. The summed E-state index contributed by atoms with van der Waals surface area (Å²) in [4.78, 5) is 10.5. The molecule has 1 unspecified atom stereocenters. The average Bonchev–Trinajstić information content (AvgIpc) is 2.05. The molecular formula is C9H19NO2. The maximum absolute atomic E-state index is 10.5. The predicted molar refractivity (Wildman–Crippen MR) is 48.9 cm³/mol. The molecule has 12 heavy (non-hydrogen) atoms. The Morgan fingerprint density at radius 3 is 2.25 bits per heavy atom. The fourth-order valence-corrected chi connectivity index (χ4v) is 1.69. The second-order valence-electron chi connectivity index (χ2n) is 3.26. The molecule has 1 aliphatic rings. The highest BCUT2D eigenvalue weighted by Crippen LogP contribution is 2.25. The number of aliphatic carboxylic acids is 1. The van der Waals surface area contributed by atoms with E-state index in [1.807, 2.05) is 0 Å². The van der Waals surface area contributed by atoms with Crippen molar-refractivity contribution in [2.45, 2.75) is 45.6 Å². The molecule has 0 bridgehead atoms. The molecule has 72 valence electrons. The van der Waals surface area contributed by atoms with Crippen LogP contribution in [0.25, 0.3) is 0 Å². The van der Waals surface area contributed by atoms with Crippen LogP contribution in [0.4, 0.5) is 0 Å². The van der Waals surface area contributed by atoms with Crippen molar-refractivity contribution in [1.82, 2.24) is 0 Å². The lowest BCUT2D eigenvalue weighted by molar-refractivity contribution is -0.140. The van der Waals surface area contributed by atoms with Crippen molar-refractivity contribution in [3.8, 4) is 0 Å². The van der Waals surface area contributed by atoms with Gasteiger partial charge in [0, 0.05) is 0 Å². The monoisotopic (exact) mass is 173 g/mol. The van der Waals surface area contributed by atoms with Gasteiger partial charge in [0.25, 0.3) is 0 Å². The molecule has 1 atom stereocenters. The molecular weight excluding hydrogens is 154 g/mol. The summed E-state index contributed by atoms with van der Waals surface area (Å²) in [5.74, 6) is -0.627. The van der Waals surface area contributed by atoms with Crippen LogP contribution in [-0.4, -0.2) is 17.1 Å². The van der Waals surface area contributed by atoms with Crippen LogP contribution in [0.1, 0.15) is 39.5 Å². The normalized spacial score (nSPS) is 21.1. The summed E-state index contributed by atoms with van der Waals surface area (Å²) in [6.07, 6.45) is 5.51. The Morgan fingerprint density at radius 2 is 1.83 bits per heavy atom. The number of hydrogen-bond acceptors (Lipinski definition) is 2. The van der Waals surface area contributed by atoms with Gasteiger partial charge in [-0.15, -0.1) is 0 Å². The van der Waals surface area contributed by atoms with Gasteiger partial charge in [-0.3, -0.25) is 4.79 Å². The van der Waals surface area contributed by atoms with E-state index in [2.05, 4.69) is 0 Å². The van der Waals surface area contributed by atoms with Crippen molar-refractivity contribution in [3.63, 3.8) is 0 Å². The van der Waals surface area contributed by atoms with E-state index in [-0.39, 0.29) is 13.3 Å². The Bertz CT molecular complexity index is 141. The zero-order chi connectivity index (χ0) is 8.27. The molecule has 0 spiro atoms. The minimum atomic E-state index is -0.850. The van der Waals surface area contributed by atoms with Gasteiger partial charge in [0.05, 0.1) is 0 Å². The molecule has 1 aliphatic carbocycles. The van der Waals surface area contributed by atoms with Gasteiger partial charge in [-0.1, -0.05) is 26.7 Å². The maximum atomic E-state index is 10.5. The summed E-state index contributed by atoms with van der Waals surface area (Å²) < 4.78 is 0. The van der Waals surface area contributed by atoms with E-state index >= 15 is 0 Å². The standard InChI is InChI=1S/C8H15NO2.CH4/c9-7(8(10)11)6-4-2-1-3-5-6;/h6-7H,1-5,9H2,(H,10,11);1H4. The molecule has 0 aromatic heterocycles. The first kappa shape index (κ1) is 11.4. The molecule has 1 fully saturated rings. The first-order valence-electron chi connectivity index (χ1n) is 4.20. The Kier molecular flexibility index (Phi) is 4.90. The Labute approximate surface area is 74.0 Å². The molecule has 3 heteroatoms. The first-order chi connectivity index (χ1) is 5.22. The molecule has 0 aromatic rings. The van der Waals surface area contributed by atoms with Crippen molar-refractivity contribution in [1.29, 1.82) is 0 Å². The number of rotatable bonds is 2. The van der Waals surface area contributed by atoms with Crippen molar-refractivity contribution >= 4 is 5.97 Å². The molecule has 0 amide bonds. The van der Waals surface area contributed by atoms with Gasteiger partial charge in [-0.25, -0.2) is 0 Å². The SMILES string of the molecule is C.NC(C(=O)O)C1CCCCC1. The van der Waals surface area contributed by atoms with Crippen molar-refractivity contribution in [2.24, 2.45) is 11.7 Å². The number of carboxylic acid groups (broad SMARTS) is 1. The molecule has 0 aromatic carbocycles. The minimum absolute atomic E-state index is 0. The predicted octanol–water partition coefficient (Wildman–Crippen LogP) is 1.61. The van der Waals surface area contributed by atoms with Crippen LogP contribution in [0, 0.1) is 5.92 Å². The van der Waals surface area contributed by atoms with E-state index < -0.39 is 12.0 Å². The molecule has 3 N–H and O–H groups in total. The van der Waals surface area contributed by atoms with E-state index in [1.54, 1.807) is 0 Å². The van der Waals surface area contributed by atoms with Gasteiger partial charge in [0.1, 0.15) is 6.04 Å². The largest absolute Gasteiger partial charge is 0.480 e. The molecule has 0 saturated heterocycles. The van der Waals surface area contributed by atoms with E-state index in [0.29, 0.717) is 0 Å². The Hall–Kier alpha value is -0.570. The fourth-order valence-electron chi connectivity index (χ4n) is 1.69. The topological polar surface area (TPSA) is 63.3 Å². The number of carboxylic acids is 1. The van der Waals surface area contributed by atoms with E-state index in [0.717, 1.165) is 25.7 Å². The van der Waals surface area contributed by atoms with Crippen molar-refractivity contribution < 1.29 is 9.90 Å². The van der Waals surface area contributed by atoms with Crippen LogP contribution in [0.2, 0.25) is 0 Å². The van der Waals surface area contributed by atoms with Gasteiger partial charge < -0.3 is 10.8 Å². The van der Waals surface area contributed by atoms with Crippen LogP contribution >= 0.6 is 0 Å². The lowest BCUT2D eigenvalue weighted by Gasteiger charge is -2.24. The van der Waals surface area contributed by atoms with E-state index in [4.69, 9.17) is 10.8 Å². The third-order valence-corrected chi connectivity index (χ3v) is 2.44. The Morgan fingerprint density at radius 1 is 1.33 bits per heavy atom. The van der Waals surface area contributed by atoms with Crippen molar-refractivity contribution in [3.05, 3.63) is 0 Å².